The van der Waals surface area contributed by atoms with Gasteiger partial charge in [0.2, 0.25) is 5.95 Å². The molecule has 6 heteroatoms. The van der Waals surface area contributed by atoms with Crippen LogP contribution < -0.4 is 5.32 Å². The van der Waals surface area contributed by atoms with Crippen molar-refractivity contribution in [1.82, 2.24) is 9.97 Å². The number of nitrogens with one attached hydrogen (secondary N) is 2. The van der Waals surface area contributed by atoms with Gasteiger partial charge in [-0.25, -0.2) is 9.37 Å². The van der Waals surface area contributed by atoms with Crippen LogP contribution in [0.4, 0.5) is 10.3 Å². The van der Waals surface area contributed by atoms with Gasteiger partial charge in [-0.2, -0.15) is 0 Å². The Balaban J connectivity index is 2.16. The average Bonchev–Trinajstić information content (AvgIpc) is 2.57. The molecule has 1 aromatic carbocycles. The van der Waals surface area contributed by atoms with E-state index in [0.29, 0.717) is 22.7 Å². The number of halogens is 1. The van der Waals surface area contributed by atoms with Crippen molar-refractivity contribution < 1.29 is 8.60 Å². The van der Waals surface area contributed by atoms with E-state index in [1.165, 1.54) is 12.1 Å². The molecule has 2 unspecified atom stereocenters. The van der Waals surface area contributed by atoms with Crippen LogP contribution >= 0.6 is 0 Å². The van der Waals surface area contributed by atoms with Crippen molar-refractivity contribution >= 4 is 27.8 Å². The number of nitrogens with zero attached hydrogens (tertiary/aromatic N) is 1. The molecule has 0 aliphatic heterocycles. The Kier molecular flexibility index (Phi) is 3.42. The van der Waals surface area contributed by atoms with Crippen LogP contribution in [0.5, 0.6) is 0 Å². The largest absolute Gasteiger partial charge is 0.352 e. The Morgan fingerprint density at radius 3 is 3.06 bits per heavy atom. The van der Waals surface area contributed by atoms with Crippen molar-refractivity contribution in [2.75, 3.05) is 17.3 Å². The van der Waals surface area contributed by atoms with E-state index in [-0.39, 0.29) is 11.9 Å². The topological polar surface area (TPSA) is 57.8 Å². The van der Waals surface area contributed by atoms with Crippen LogP contribution in [0.3, 0.4) is 0 Å². The lowest BCUT2D eigenvalue weighted by atomic mass is 10.3. The molecule has 0 saturated heterocycles. The molecule has 0 saturated carbocycles. The molecule has 0 radical (unpaired) electrons. The number of hydrogen-bond donors (Lipinski definition) is 2. The summed E-state index contributed by atoms with van der Waals surface area (Å²) in [7, 11) is -0.855. The minimum atomic E-state index is -0.855. The second kappa shape index (κ2) is 4.83. The van der Waals surface area contributed by atoms with Crippen molar-refractivity contribution in [3.8, 4) is 0 Å². The van der Waals surface area contributed by atoms with Gasteiger partial charge in [-0.1, -0.05) is 0 Å². The van der Waals surface area contributed by atoms with Crippen LogP contribution in [-0.2, 0) is 10.8 Å². The minimum absolute atomic E-state index is 0.0474. The molecular formula is C11H14FN3OS. The number of anilines is 1. The fourth-order valence-electron chi connectivity index (χ4n) is 1.68. The molecule has 2 N–H and O–H groups in total. The summed E-state index contributed by atoms with van der Waals surface area (Å²) in [5.74, 6) is 0.824. The van der Waals surface area contributed by atoms with E-state index in [9.17, 15) is 8.60 Å². The predicted octanol–water partition coefficient (Wildman–Crippen LogP) is 1.88. The highest BCUT2D eigenvalue weighted by atomic mass is 32.2. The first-order chi connectivity index (χ1) is 8.04. The maximum Gasteiger partial charge on any atom is 0.201 e. The quantitative estimate of drug-likeness (QED) is 0.877. The highest BCUT2D eigenvalue weighted by Gasteiger charge is 2.08. The molecule has 0 aliphatic carbocycles. The van der Waals surface area contributed by atoms with Crippen molar-refractivity contribution in [2.45, 2.75) is 13.0 Å². The summed E-state index contributed by atoms with van der Waals surface area (Å²) < 4.78 is 24.0. The predicted molar refractivity (Wildman–Crippen MR) is 68.1 cm³/mol. The van der Waals surface area contributed by atoms with E-state index < -0.39 is 10.8 Å². The number of rotatable bonds is 4. The van der Waals surface area contributed by atoms with Gasteiger partial charge in [0, 0.05) is 28.9 Å². The maximum atomic E-state index is 13.0. The highest BCUT2D eigenvalue weighted by molar-refractivity contribution is 7.84. The molecule has 0 fully saturated rings. The van der Waals surface area contributed by atoms with Crippen molar-refractivity contribution in [2.24, 2.45) is 0 Å². The Morgan fingerprint density at radius 1 is 1.59 bits per heavy atom. The van der Waals surface area contributed by atoms with E-state index in [1.807, 2.05) is 6.92 Å². The third-order valence-electron chi connectivity index (χ3n) is 2.31. The van der Waals surface area contributed by atoms with Gasteiger partial charge in [0.25, 0.3) is 0 Å². The van der Waals surface area contributed by atoms with Gasteiger partial charge in [0.1, 0.15) is 5.82 Å². The summed E-state index contributed by atoms with van der Waals surface area (Å²) >= 11 is 0. The summed E-state index contributed by atoms with van der Waals surface area (Å²) in [6.07, 6.45) is 1.66. The summed E-state index contributed by atoms with van der Waals surface area (Å²) in [4.78, 5) is 7.25. The molecule has 0 aliphatic rings. The lowest BCUT2D eigenvalue weighted by molar-refractivity contribution is 0.629. The lowest BCUT2D eigenvalue weighted by Crippen LogP contribution is -2.22. The van der Waals surface area contributed by atoms with Gasteiger partial charge in [-0.3, -0.25) is 4.21 Å². The first kappa shape index (κ1) is 12.0. The van der Waals surface area contributed by atoms with E-state index in [1.54, 1.807) is 12.3 Å². The number of H-pyrrole nitrogens is 1. The number of benzene rings is 1. The van der Waals surface area contributed by atoms with Gasteiger partial charge in [-0.15, -0.1) is 0 Å². The zero-order valence-corrected chi connectivity index (χ0v) is 10.5. The Labute approximate surface area is 101 Å². The van der Waals surface area contributed by atoms with Crippen LogP contribution in [-0.4, -0.2) is 32.2 Å². The SMILES string of the molecule is CC(CS(C)=O)Nc1nc2ccc(F)cc2[nH]1. The van der Waals surface area contributed by atoms with Crippen LogP contribution in [0.15, 0.2) is 18.2 Å². The van der Waals surface area contributed by atoms with Gasteiger partial charge in [0.15, 0.2) is 0 Å². The third-order valence-corrected chi connectivity index (χ3v) is 3.28. The Hall–Kier alpha value is -1.43. The Bertz CT molecular complexity index is 555. The van der Waals surface area contributed by atoms with E-state index in [2.05, 4.69) is 15.3 Å². The van der Waals surface area contributed by atoms with Gasteiger partial charge in [0.05, 0.1) is 11.0 Å². The molecule has 0 spiro atoms. The van der Waals surface area contributed by atoms with Crippen molar-refractivity contribution in [1.29, 1.82) is 0 Å². The van der Waals surface area contributed by atoms with Gasteiger partial charge >= 0.3 is 0 Å². The molecule has 2 atom stereocenters. The zero-order chi connectivity index (χ0) is 12.4. The summed E-state index contributed by atoms with van der Waals surface area (Å²) in [6.45, 7) is 1.93. The number of aromatic amines is 1. The van der Waals surface area contributed by atoms with E-state index in [4.69, 9.17) is 0 Å². The van der Waals surface area contributed by atoms with Crippen molar-refractivity contribution in [3.63, 3.8) is 0 Å². The Morgan fingerprint density at radius 2 is 2.35 bits per heavy atom. The zero-order valence-electron chi connectivity index (χ0n) is 9.66. The van der Waals surface area contributed by atoms with Crippen LogP contribution in [0.25, 0.3) is 11.0 Å². The molecule has 0 amide bonds. The molecule has 2 aromatic rings. The van der Waals surface area contributed by atoms with Crippen LogP contribution in [0.2, 0.25) is 0 Å². The summed E-state index contributed by atoms with van der Waals surface area (Å²) in [5, 5.41) is 3.10. The molecule has 17 heavy (non-hydrogen) atoms. The highest BCUT2D eigenvalue weighted by Crippen LogP contribution is 2.15. The smallest absolute Gasteiger partial charge is 0.201 e. The lowest BCUT2D eigenvalue weighted by Gasteiger charge is -2.10. The normalized spacial score (nSPS) is 14.8. The summed E-state index contributed by atoms with van der Waals surface area (Å²) in [5.41, 5.74) is 1.36. The summed E-state index contributed by atoms with van der Waals surface area (Å²) in [6, 6.07) is 4.44. The van der Waals surface area contributed by atoms with Crippen molar-refractivity contribution in [3.05, 3.63) is 24.0 Å². The number of aromatic nitrogens is 2. The number of fused-ring (bicyclic) bond motifs is 1. The fraction of sp³-hybridized carbons (Fsp3) is 0.364. The van der Waals surface area contributed by atoms with Crippen LogP contribution in [0.1, 0.15) is 6.92 Å². The molecular weight excluding hydrogens is 241 g/mol. The van der Waals surface area contributed by atoms with Gasteiger partial charge in [-0.05, 0) is 25.1 Å². The minimum Gasteiger partial charge on any atom is -0.352 e. The standard InChI is InChI=1S/C11H14FN3OS/c1-7(6-17(2)16)13-11-14-9-4-3-8(12)5-10(9)15-11/h3-5,7H,6H2,1-2H3,(H2,13,14,15). The van der Waals surface area contributed by atoms with E-state index >= 15 is 0 Å². The first-order valence-corrected chi connectivity index (χ1v) is 6.99. The molecule has 1 heterocycles. The second-order valence-electron chi connectivity index (χ2n) is 4.03. The average molecular weight is 255 g/mol. The fourth-order valence-corrected chi connectivity index (χ4v) is 2.46. The molecule has 2 rings (SSSR count). The van der Waals surface area contributed by atoms with Crippen LogP contribution in [0, 0.1) is 5.82 Å². The number of imidazole rings is 1. The first-order valence-electron chi connectivity index (χ1n) is 5.26. The second-order valence-corrected chi connectivity index (χ2v) is 5.51. The monoisotopic (exact) mass is 255 g/mol. The van der Waals surface area contributed by atoms with Gasteiger partial charge < -0.3 is 10.3 Å². The maximum absolute atomic E-state index is 13.0. The number of hydrogen-bond acceptors (Lipinski definition) is 3. The molecule has 1 aromatic heterocycles. The molecule has 4 nitrogen and oxygen atoms in total. The molecule has 92 valence electrons. The van der Waals surface area contributed by atoms with E-state index in [0.717, 1.165) is 0 Å². The molecule has 0 bridgehead atoms. The third kappa shape index (κ3) is 3.03.